The number of carbonyl (C=O) groups is 3. The summed E-state index contributed by atoms with van der Waals surface area (Å²) in [5.74, 6) is -1.22. The minimum atomic E-state index is -0.524. The normalized spacial score (nSPS) is 13.9. The third kappa shape index (κ3) is 4.98. The Kier molecular flexibility index (Phi) is 6.46. The molecule has 1 aliphatic rings. The van der Waals surface area contributed by atoms with Crippen molar-refractivity contribution >= 4 is 34.8 Å². The summed E-state index contributed by atoms with van der Waals surface area (Å²) in [7, 11) is 0. The van der Waals surface area contributed by atoms with Crippen molar-refractivity contribution in [1.82, 2.24) is 5.32 Å². The van der Waals surface area contributed by atoms with Gasteiger partial charge in [0.1, 0.15) is 0 Å². The quantitative estimate of drug-likeness (QED) is 0.722. The first-order chi connectivity index (χ1) is 13.4. The highest BCUT2D eigenvalue weighted by atomic mass is 32.1. The summed E-state index contributed by atoms with van der Waals surface area (Å²) in [5, 5.41) is 5.68. The Hall–Kier alpha value is -2.67. The molecule has 0 atom stereocenters. The molecule has 2 aromatic rings. The molecule has 2 amide bonds. The van der Waals surface area contributed by atoms with Crippen LogP contribution in [0.3, 0.4) is 0 Å². The van der Waals surface area contributed by atoms with Crippen molar-refractivity contribution in [1.29, 1.82) is 0 Å². The van der Waals surface area contributed by atoms with Gasteiger partial charge >= 0.3 is 5.97 Å². The number of thiophene rings is 1. The molecule has 3 rings (SSSR count). The second-order valence-electron chi connectivity index (χ2n) is 6.95. The topological polar surface area (TPSA) is 84.5 Å². The van der Waals surface area contributed by atoms with Crippen LogP contribution in [0.2, 0.25) is 0 Å². The van der Waals surface area contributed by atoms with Gasteiger partial charge in [-0.1, -0.05) is 25.0 Å². The van der Waals surface area contributed by atoms with Crippen LogP contribution in [-0.2, 0) is 9.53 Å². The molecular weight excluding hydrogens is 376 g/mol. The maximum absolute atomic E-state index is 12.5. The number of esters is 1. The summed E-state index contributed by atoms with van der Waals surface area (Å²) in [4.78, 5) is 38.8. The molecule has 1 aliphatic carbocycles. The van der Waals surface area contributed by atoms with E-state index in [-0.39, 0.29) is 11.9 Å². The Balaban J connectivity index is 1.58. The molecule has 0 radical (unpaired) electrons. The lowest BCUT2D eigenvalue weighted by Crippen LogP contribution is -2.33. The molecule has 1 aromatic heterocycles. The number of benzene rings is 1. The Morgan fingerprint density at radius 1 is 1.11 bits per heavy atom. The smallest absolute Gasteiger partial charge is 0.339 e. The molecule has 2 N–H and O–H groups in total. The van der Waals surface area contributed by atoms with E-state index >= 15 is 0 Å². The fourth-order valence-electron chi connectivity index (χ4n) is 3.35. The first-order valence-corrected chi connectivity index (χ1v) is 10.2. The Morgan fingerprint density at radius 3 is 2.50 bits per heavy atom. The van der Waals surface area contributed by atoms with Crippen LogP contribution in [0, 0.1) is 13.8 Å². The van der Waals surface area contributed by atoms with E-state index in [2.05, 4.69) is 10.6 Å². The first kappa shape index (κ1) is 20.1. The molecule has 148 valence electrons. The van der Waals surface area contributed by atoms with Crippen LogP contribution in [0.1, 0.15) is 56.2 Å². The number of ether oxygens (including phenoxy) is 1. The molecule has 7 heteroatoms. The van der Waals surface area contributed by atoms with Crippen molar-refractivity contribution in [3.05, 3.63) is 51.2 Å². The third-order valence-electron chi connectivity index (χ3n) is 4.73. The van der Waals surface area contributed by atoms with Gasteiger partial charge < -0.3 is 15.4 Å². The Labute approximate surface area is 168 Å². The number of aryl methyl sites for hydroxylation is 2. The van der Waals surface area contributed by atoms with Crippen molar-refractivity contribution in [2.24, 2.45) is 0 Å². The molecule has 1 saturated carbocycles. The Morgan fingerprint density at radius 2 is 1.82 bits per heavy atom. The van der Waals surface area contributed by atoms with Crippen LogP contribution in [0.5, 0.6) is 0 Å². The number of amides is 2. The molecular formula is C21H24N2O4S. The summed E-state index contributed by atoms with van der Waals surface area (Å²) in [6.07, 6.45) is 4.21. The van der Waals surface area contributed by atoms with Crippen molar-refractivity contribution < 1.29 is 19.1 Å². The minimum Gasteiger partial charge on any atom is -0.452 e. The summed E-state index contributed by atoms with van der Waals surface area (Å²) in [5.41, 5.74) is 1.28. The molecule has 6 nitrogen and oxygen atoms in total. The molecule has 28 heavy (non-hydrogen) atoms. The molecule has 0 unspecified atom stereocenters. The van der Waals surface area contributed by atoms with E-state index in [1.165, 1.54) is 11.3 Å². The maximum Gasteiger partial charge on any atom is 0.339 e. The average molecular weight is 401 g/mol. The second kappa shape index (κ2) is 9.01. The lowest BCUT2D eigenvalue weighted by atomic mass is 10.1. The summed E-state index contributed by atoms with van der Waals surface area (Å²) in [6, 6.07) is 8.77. The highest BCUT2D eigenvalue weighted by Gasteiger charge is 2.20. The van der Waals surface area contributed by atoms with Crippen LogP contribution >= 0.6 is 11.3 Å². The van der Waals surface area contributed by atoms with Gasteiger partial charge in [0, 0.05) is 15.8 Å². The fraction of sp³-hybridized carbons (Fsp3) is 0.381. The zero-order valence-electron chi connectivity index (χ0n) is 16.0. The van der Waals surface area contributed by atoms with Gasteiger partial charge in [-0.05, 0) is 44.9 Å². The fourth-order valence-corrected chi connectivity index (χ4v) is 4.26. The van der Waals surface area contributed by atoms with Gasteiger partial charge in [0.25, 0.3) is 11.8 Å². The van der Waals surface area contributed by atoms with Crippen LogP contribution in [0.4, 0.5) is 5.69 Å². The van der Waals surface area contributed by atoms with E-state index in [0.29, 0.717) is 16.8 Å². The molecule has 0 saturated heterocycles. The number of hydrogen-bond donors (Lipinski definition) is 2. The maximum atomic E-state index is 12.5. The molecule has 1 fully saturated rings. The highest BCUT2D eigenvalue weighted by Crippen LogP contribution is 2.22. The zero-order chi connectivity index (χ0) is 20.1. The second-order valence-corrected chi connectivity index (χ2v) is 8.41. The summed E-state index contributed by atoms with van der Waals surface area (Å²) >= 11 is 1.51. The van der Waals surface area contributed by atoms with Crippen molar-refractivity contribution in [3.8, 4) is 0 Å². The largest absolute Gasteiger partial charge is 0.452 e. The number of rotatable bonds is 6. The summed E-state index contributed by atoms with van der Waals surface area (Å²) in [6.45, 7) is 3.34. The van der Waals surface area contributed by atoms with Gasteiger partial charge in [0.15, 0.2) is 6.61 Å². The van der Waals surface area contributed by atoms with Gasteiger partial charge in [0.05, 0.1) is 16.8 Å². The Bertz CT molecular complexity index is 884. The molecule has 0 aliphatic heterocycles. The third-order valence-corrected chi connectivity index (χ3v) is 5.70. The van der Waals surface area contributed by atoms with E-state index < -0.39 is 18.5 Å². The standard InChI is InChI=1S/C21H24N2O4S/c1-13-11-17(14(2)28-13)21(26)27-12-19(24)23-18-10-6-5-9-16(18)20(25)22-15-7-3-4-8-15/h5-6,9-11,15H,3-4,7-8,12H2,1-2H3,(H,22,25)(H,23,24). The van der Waals surface area contributed by atoms with E-state index in [9.17, 15) is 14.4 Å². The molecule has 0 bridgehead atoms. The lowest BCUT2D eigenvalue weighted by Gasteiger charge is -2.15. The average Bonchev–Trinajstić information content (AvgIpc) is 3.29. The van der Waals surface area contributed by atoms with Gasteiger partial charge in [-0.3, -0.25) is 9.59 Å². The van der Waals surface area contributed by atoms with Crippen molar-refractivity contribution in [3.63, 3.8) is 0 Å². The molecule has 0 spiro atoms. The van der Waals surface area contributed by atoms with Crippen LogP contribution < -0.4 is 10.6 Å². The van der Waals surface area contributed by atoms with Crippen LogP contribution in [0.25, 0.3) is 0 Å². The van der Waals surface area contributed by atoms with Crippen molar-refractivity contribution in [2.45, 2.75) is 45.6 Å². The van der Waals surface area contributed by atoms with Gasteiger partial charge in [-0.2, -0.15) is 0 Å². The first-order valence-electron chi connectivity index (χ1n) is 9.38. The van der Waals surface area contributed by atoms with Gasteiger partial charge in [-0.25, -0.2) is 4.79 Å². The van der Waals surface area contributed by atoms with Crippen LogP contribution in [0.15, 0.2) is 30.3 Å². The molecule has 1 heterocycles. The van der Waals surface area contributed by atoms with Gasteiger partial charge in [-0.15, -0.1) is 11.3 Å². The number of para-hydroxylation sites is 1. The van der Waals surface area contributed by atoms with Crippen LogP contribution in [-0.4, -0.2) is 30.4 Å². The van der Waals surface area contributed by atoms with E-state index in [0.717, 1.165) is 35.4 Å². The predicted molar refractivity (Wildman–Crippen MR) is 109 cm³/mol. The predicted octanol–water partition coefficient (Wildman–Crippen LogP) is 3.83. The number of nitrogens with one attached hydrogen (secondary N) is 2. The van der Waals surface area contributed by atoms with E-state index in [4.69, 9.17) is 4.74 Å². The lowest BCUT2D eigenvalue weighted by molar-refractivity contribution is -0.119. The SMILES string of the molecule is Cc1cc(C(=O)OCC(=O)Nc2ccccc2C(=O)NC2CCCC2)c(C)s1. The zero-order valence-corrected chi connectivity index (χ0v) is 16.9. The highest BCUT2D eigenvalue weighted by molar-refractivity contribution is 7.12. The minimum absolute atomic E-state index is 0.189. The van der Waals surface area contributed by atoms with Crippen molar-refractivity contribution in [2.75, 3.05) is 11.9 Å². The van der Waals surface area contributed by atoms with Gasteiger partial charge in [0.2, 0.25) is 0 Å². The molecule has 1 aromatic carbocycles. The summed E-state index contributed by atoms with van der Waals surface area (Å²) < 4.78 is 5.12. The number of carbonyl (C=O) groups excluding carboxylic acids is 3. The number of hydrogen-bond acceptors (Lipinski definition) is 5. The number of anilines is 1. The van der Waals surface area contributed by atoms with E-state index in [1.54, 1.807) is 30.3 Å². The monoisotopic (exact) mass is 400 g/mol. The van der Waals surface area contributed by atoms with E-state index in [1.807, 2.05) is 13.8 Å².